The van der Waals surface area contributed by atoms with Gasteiger partial charge in [0.15, 0.2) is 0 Å². The van der Waals surface area contributed by atoms with Crippen LogP contribution in [0.5, 0.6) is 0 Å². The second-order valence-electron chi connectivity index (χ2n) is 4.37. The molecule has 0 spiro atoms. The number of ether oxygens (including phenoxy) is 1. The molecule has 18 heavy (non-hydrogen) atoms. The molecular formula is C13H18ClFN2O. The lowest BCUT2D eigenvalue weighted by Gasteiger charge is -2.26. The maximum Gasteiger partial charge on any atom is 0.124 e. The van der Waals surface area contributed by atoms with Gasteiger partial charge in [-0.25, -0.2) is 4.39 Å². The van der Waals surface area contributed by atoms with Crippen LogP contribution >= 0.6 is 11.6 Å². The van der Waals surface area contributed by atoms with Crippen LogP contribution in [0.2, 0.25) is 5.02 Å². The zero-order valence-electron chi connectivity index (χ0n) is 10.3. The van der Waals surface area contributed by atoms with Gasteiger partial charge in [-0.1, -0.05) is 17.7 Å². The molecule has 3 nitrogen and oxygen atoms in total. The lowest BCUT2D eigenvalue weighted by atomic mass is 10.2. The highest BCUT2D eigenvalue weighted by Gasteiger charge is 2.09. The number of rotatable bonds is 5. The zero-order chi connectivity index (χ0) is 12.8. The fraction of sp³-hybridized carbons (Fsp3) is 0.538. The van der Waals surface area contributed by atoms with E-state index in [1.807, 2.05) is 0 Å². The van der Waals surface area contributed by atoms with Crippen molar-refractivity contribution >= 4 is 11.6 Å². The number of hydrogen-bond acceptors (Lipinski definition) is 3. The van der Waals surface area contributed by atoms with Crippen molar-refractivity contribution in [2.45, 2.75) is 6.54 Å². The third-order valence-corrected chi connectivity index (χ3v) is 3.39. The molecule has 0 unspecified atom stereocenters. The van der Waals surface area contributed by atoms with Crippen LogP contribution < -0.4 is 5.32 Å². The Hall–Kier alpha value is -0.680. The summed E-state index contributed by atoms with van der Waals surface area (Å²) in [7, 11) is 0. The molecular weight excluding hydrogens is 255 g/mol. The molecule has 0 saturated carbocycles. The Kier molecular flexibility index (Phi) is 5.38. The van der Waals surface area contributed by atoms with Gasteiger partial charge in [0.1, 0.15) is 5.82 Å². The highest BCUT2D eigenvalue weighted by atomic mass is 35.5. The van der Waals surface area contributed by atoms with E-state index in [0.717, 1.165) is 45.0 Å². The van der Waals surface area contributed by atoms with Crippen LogP contribution in [0.15, 0.2) is 18.2 Å². The molecule has 100 valence electrons. The number of benzene rings is 1. The Morgan fingerprint density at radius 3 is 2.83 bits per heavy atom. The Balaban J connectivity index is 1.68. The average molecular weight is 273 g/mol. The maximum atomic E-state index is 12.9. The van der Waals surface area contributed by atoms with Crippen molar-refractivity contribution in [3.8, 4) is 0 Å². The fourth-order valence-corrected chi connectivity index (χ4v) is 2.18. The van der Waals surface area contributed by atoms with E-state index in [9.17, 15) is 4.39 Å². The van der Waals surface area contributed by atoms with Crippen LogP contribution in [0.3, 0.4) is 0 Å². The normalized spacial score (nSPS) is 17.0. The molecule has 1 fully saturated rings. The second kappa shape index (κ2) is 7.04. The highest BCUT2D eigenvalue weighted by Crippen LogP contribution is 2.16. The van der Waals surface area contributed by atoms with Crippen molar-refractivity contribution in [3.05, 3.63) is 34.6 Å². The average Bonchev–Trinajstić information content (AvgIpc) is 2.38. The van der Waals surface area contributed by atoms with E-state index in [2.05, 4.69) is 10.2 Å². The minimum absolute atomic E-state index is 0.294. The van der Waals surface area contributed by atoms with Gasteiger partial charge in [0.2, 0.25) is 0 Å². The van der Waals surface area contributed by atoms with Gasteiger partial charge < -0.3 is 10.1 Å². The summed E-state index contributed by atoms with van der Waals surface area (Å²) in [6.07, 6.45) is 0. The van der Waals surface area contributed by atoms with E-state index in [0.29, 0.717) is 11.6 Å². The van der Waals surface area contributed by atoms with Crippen molar-refractivity contribution < 1.29 is 9.13 Å². The molecule has 1 N–H and O–H groups in total. The molecule has 1 aromatic carbocycles. The Morgan fingerprint density at radius 2 is 2.11 bits per heavy atom. The van der Waals surface area contributed by atoms with E-state index in [1.165, 1.54) is 12.1 Å². The Labute approximate surface area is 112 Å². The molecule has 0 atom stereocenters. The minimum Gasteiger partial charge on any atom is -0.379 e. The van der Waals surface area contributed by atoms with Gasteiger partial charge in [-0.2, -0.15) is 0 Å². The van der Waals surface area contributed by atoms with Gasteiger partial charge >= 0.3 is 0 Å². The molecule has 0 amide bonds. The van der Waals surface area contributed by atoms with Crippen LogP contribution in [0.25, 0.3) is 0 Å². The predicted molar refractivity (Wildman–Crippen MR) is 70.4 cm³/mol. The number of hydrogen-bond donors (Lipinski definition) is 1. The van der Waals surface area contributed by atoms with Crippen LogP contribution in [0.1, 0.15) is 5.56 Å². The molecule has 1 aromatic rings. The molecule has 0 bridgehead atoms. The monoisotopic (exact) mass is 272 g/mol. The first-order valence-corrected chi connectivity index (χ1v) is 6.58. The number of nitrogens with zero attached hydrogens (tertiary/aromatic N) is 1. The van der Waals surface area contributed by atoms with E-state index < -0.39 is 0 Å². The zero-order valence-corrected chi connectivity index (χ0v) is 11.0. The standard InChI is InChI=1S/C13H18ClFN2O/c14-13-9-12(15)2-1-11(13)10-16-3-4-17-5-7-18-8-6-17/h1-2,9,16H,3-8,10H2. The molecule has 0 radical (unpaired) electrons. The van der Waals surface area contributed by atoms with E-state index in [1.54, 1.807) is 6.07 Å². The molecule has 0 aromatic heterocycles. The molecule has 1 heterocycles. The SMILES string of the molecule is Fc1ccc(CNCCN2CCOCC2)c(Cl)c1. The quantitative estimate of drug-likeness (QED) is 0.829. The number of morpholine rings is 1. The first-order chi connectivity index (χ1) is 8.75. The summed E-state index contributed by atoms with van der Waals surface area (Å²) >= 11 is 5.95. The first-order valence-electron chi connectivity index (χ1n) is 6.20. The summed E-state index contributed by atoms with van der Waals surface area (Å²) in [6.45, 7) is 6.21. The highest BCUT2D eigenvalue weighted by molar-refractivity contribution is 6.31. The van der Waals surface area contributed by atoms with Gasteiger partial charge in [0, 0.05) is 37.7 Å². The van der Waals surface area contributed by atoms with E-state index >= 15 is 0 Å². The topological polar surface area (TPSA) is 24.5 Å². The van der Waals surface area contributed by atoms with Crippen LogP contribution in [-0.4, -0.2) is 44.3 Å². The third kappa shape index (κ3) is 4.21. The molecule has 1 aliphatic rings. The van der Waals surface area contributed by atoms with Gasteiger partial charge in [-0.3, -0.25) is 4.90 Å². The fourth-order valence-electron chi connectivity index (χ4n) is 1.95. The van der Waals surface area contributed by atoms with Gasteiger partial charge in [-0.05, 0) is 17.7 Å². The van der Waals surface area contributed by atoms with E-state index in [4.69, 9.17) is 16.3 Å². The molecule has 2 rings (SSSR count). The van der Waals surface area contributed by atoms with Gasteiger partial charge in [0.05, 0.1) is 13.2 Å². The maximum absolute atomic E-state index is 12.9. The summed E-state index contributed by atoms with van der Waals surface area (Å²) in [6, 6.07) is 4.50. The molecule has 1 aliphatic heterocycles. The van der Waals surface area contributed by atoms with Crippen LogP contribution in [-0.2, 0) is 11.3 Å². The predicted octanol–water partition coefficient (Wildman–Crippen LogP) is 1.90. The summed E-state index contributed by atoms with van der Waals surface area (Å²) in [5, 5.41) is 3.80. The van der Waals surface area contributed by atoms with Crippen LogP contribution in [0, 0.1) is 5.82 Å². The van der Waals surface area contributed by atoms with E-state index in [-0.39, 0.29) is 5.82 Å². The van der Waals surface area contributed by atoms with Gasteiger partial charge in [-0.15, -0.1) is 0 Å². The molecule has 0 aliphatic carbocycles. The molecule has 5 heteroatoms. The largest absolute Gasteiger partial charge is 0.379 e. The van der Waals surface area contributed by atoms with Crippen molar-refractivity contribution in [2.24, 2.45) is 0 Å². The summed E-state index contributed by atoms with van der Waals surface area (Å²) in [5.74, 6) is -0.294. The number of halogens is 2. The third-order valence-electron chi connectivity index (χ3n) is 3.04. The summed E-state index contributed by atoms with van der Waals surface area (Å²) < 4.78 is 18.1. The smallest absolute Gasteiger partial charge is 0.124 e. The second-order valence-corrected chi connectivity index (χ2v) is 4.77. The minimum atomic E-state index is -0.294. The summed E-state index contributed by atoms with van der Waals surface area (Å²) in [5.41, 5.74) is 0.931. The number of nitrogens with one attached hydrogen (secondary N) is 1. The Morgan fingerprint density at radius 1 is 1.33 bits per heavy atom. The van der Waals surface area contributed by atoms with Crippen molar-refractivity contribution in [2.75, 3.05) is 39.4 Å². The Bertz CT molecular complexity index is 383. The summed E-state index contributed by atoms with van der Waals surface area (Å²) in [4.78, 5) is 2.36. The van der Waals surface area contributed by atoms with Gasteiger partial charge in [0.25, 0.3) is 0 Å². The lowest BCUT2D eigenvalue weighted by Crippen LogP contribution is -2.40. The van der Waals surface area contributed by atoms with Crippen molar-refractivity contribution in [1.82, 2.24) is 10.2 Å². The van der Waals surface area contributed by atoms with Crippen molar-refractivity contribution in [1.29, 1.82) is 0 Å². The lowest BCUT2D eigenvalue weighted by molar-refractivity contribution is 0.0384. The van der Waals surface area contributed by atoms with Crippen LogP contribution in [0.4, 0.5) is 4.39 Å². The van der Waals surface area contributed by atoms with Crippen molar-refractivity contribution in [3.63, 3.8) is 0 Å². The first kappa shape index (κ1) is 13.7. The molecule has 1 saturated heterocycles.